The number of likely N-dealkylation sites (N-methyl/N-ethyl adjacent to an activating group) is 1. The number of aromatic nitrogens is 1. The largest absolute Gasteiger partial charge is 0.389 e. The Morgan fingerprint density at radius 1 is 1.44 bits per heavy atom. The van der Waals surface area contributed by atoms with Crippen LogP contribution >= 0.6 is 0 Å². The minimum absolute atomic E-state index is 0.475. The molecule has 0 saturated heterocycles. The van der Waals surface area contributed by atoms with Crippen molar-refractivity contribution in [3.05, 3.63) is 23.9 Å². The minimum atomic E-state index is -0.475. The van der Waals surface area contributed by atoms with Crippen molar-refractivity contribution in [3.63, 3.8) is 0 Å². The molecule has 1 aliphatic carbocycles. The summed E-state index contributed by atoms with van der Waals surface area (Å²) in [7, 11) is 3.94. The molecule has 4 heteroatoms. The van der Waals surface area contributed by atoms with E-state index in [2.05, 4.69) is 28.3 Å². The Morgan fingerprint density at radius 2 is 2.17 bits per heavy atom. The van der Waals surface area contributed by atoms with Gasteiger partial charge in [0.2, 0.25) is 0 Å². The topological polar surface area (TPSA) is 48.4 Å². The number of hydrogen-bond donors (Lipinski definition) is 2. The maximum absolute atomic E-state index is 10.4. The van der Waals surface area contributed by atoms with E-state index in [0.29, 0.717) is 0 Å². The summed E-state index contributed by atoms with van der Waals surface area (Å²) in [6.07, 6.45) is 5.96. The third kappa shape index (κ3) is 3.21. The van der Waals surface area contributed by atoms with Crippen molar-refractivity contribution in [2.45, 2.75) is 37.8 Å². The predicted molar refractivity (Wildman–Crippen MR) is 73.5 cm³/mol. The fraction of sp³-hybridized carbons (Fsp3) is 0.643. The van der Waals surface area contributed by atoms with Gasteiger partial charge < -0.3 is 10.4 Å². The molecule has 0 radical (unpaired) electrons. The molecule has 1 saturated carbocycles. The van der Waals surface area contributed by atoms with E-state index >= 15 is 0 Å². The van der Waals surface area contributed by atoms with Crippen LogP contribution in [0.15, 0.2) is 18.3 Å². The summed E-state index contributed by atoms with van der Waals surface area (Å²) >= 11 is 0. The Hall–Kier alpha value is -1.13. The number of nitrogens with one attached hydrogen (secondary N) is 1. The molecule has 0 unspecified atom stereocenters. The van der Waals surface area contributed by atoms with Crippen molar-refractivity contribution in [2.75, 3.05) is 26.0 Å². The Balaban J connectivity index is 1.96. The van der Waals surface area contributed by atoms with Crippen LogP contribution in [-0.2, 0) is 6.54 Å². The molecular weight excluding hydrogens is 226 g/mol. The summed E-state index contributed by atoms with van der Waals surface area (Å²) < 4.78 is 0. The lowest BCUT2D eigenvalue weighted by molar-refractivity contribution is 0.0145. The second kappa shape index (κ2) is 5.67. The molecule has 4 nitrogen and oxygen atoms in total. The average molecular weight is 249 g/mol. The highest BCUT2D eigenvalue weighted by atomic mass is 16.3. The first-order valence-corrected chi connectivity index (χ1v) is 6.65. The third-order valence-electron chi connectivity index (χ3n) is 3.67. The SMILES string of the molecule is CNc1ncccc1CN(C)CC1(O)CCCC1. The van der Waals surface area contributed by atoms with E-state index in [4.69, 9.17) is 0 Å². The van der Waals surface area contributed by atoms with Crippen LogP contribution in [0.2, 0.25) is 0 Å². The second-order valence-electron chi connectivity index (χ2n) is 5.36. The van der Waals surface area contributed by atoms with Gasteiger partial charge in [-0.25, -0.2) is 4.98 Å². The Morgan fingerprint density at radius 3 is 2.83 bits per heavy atom. The van der Waals surface area contributed by atoms with Crippen LogP contribution in [0.25, 0.3) is 0 Å². The minimum Gasteiger partial charge on any atom is -0.389 e. The van der Waals surface area contributed by atoms with Crippen LogP contribution < -0.4 is 5.32 Å². The average Bonchev–Trinajstić information content (AvgIpc) is 2.76. The van der Waals surface area contributed by atoms with Crippen molar-refractivity contribution in [1.82, 2.24) is 9.88 Å². The zero-order chi connectivity index (χ0) is 13.0. The molecule has 0 bridgehead atoms. The quantitative estimate of drug-likeness (QED) is 0.836. The molecule has 2 rings (SSSR count). The number of anilines is 1. The zero-order valence-corrected chi connectivity index (χ0v) is 11.3. The van der Waals surface area contributed by atoms with Crippen LogP contribution in [0, 0.1) is 0 Å². The monoisotopic (exact) mass is 249 g/mol. The van der Waals surface area contributed by atoms with E-state index in [1.807, 2.05) is 13.1 Å². The molecule has 1 heterocycles. The van der Waals surface area contributed by atoms with Gasteiger partial charge in [0.25, 0.3) is 0 Å². The third-order valence-corrected chi connectivity index (χ3v) is 3.67. The maximum atomic E-state index is 10.4. The standard InChI is InChI=1S/C14H23N3O/c1-15-13-12(6-5-9-16-13)10-17(2)11-14(18)7-3-4-8-14/h5-6,9,18H,3-4,7-8,10-11H2,1-2H3,(H,15,16). The zero-order valence-electron chi connectivity index (χ0n) is 11.3. The summed E-state index contributed by atoms with van der Waals surface area (Å²) in [6, 6.07) is 4.03. The van der Waals surface area contributed by atoms with Gasteiger partial charge in [-0.3, -0.25) is 4.90 Å². The van der Waals surface area contributed by atoms with Gasteiger partial charge in [0.05, 0.1) is 5.60 Å². The molecule has 0 aliphatic heterocycles. The predicted octanol–water partition coefficient (Wildman–Crippen LogP) is 1.86. The summed E-state index contributed by atoms with van der Waals surface area (Å²) in [4.78, 5) is 6.48. The lowest BCUT2D eigenvalue weighted by Gasteiger charge is -2.28. The van der Waals surface area contributed by atoms with Crippen LogP contribution in [0.3, 0.4) is 0 Å². The molecule has 0 atom stereocenters. The van der Waals surface area contributed by atoms with Crippen LogP contribution in [0.1, 0.15) is 31.2 Å². The van der Waals surface area contributed by atoms with E-state index < -0.39 is 5.60 Å². The van der Waals surface area contributed by atoms with E-state index in [0.717, 1.165) is 44.6 Å². The van der Waals surface area contributed by atoms with Gasteiger partial charge in [-0.2, -0.15) is 0 Å². The molecule has 0 aromatic carbocycles. The van der Waals surface area contributed by atoms with Crippen LogP contribution in [0.4, 0.5) is 5.82 Å². The summed E-state index contributed by atoms with van der Waals surface area (Å²) in [5.74, 6) is 0.919. The normalized spacial score (nSPS) is 18.2. The second-order valence-corrected chi connectivity index (χ2v) is 5.36. The van der Waals surface area contributed by atoms with Crippen molar-refractivity contribution >= 4 is 5.82 Å². The van der Waals surface area contributed by atoms with Gasteiger partial charge in [-0.1, -0.05) is 18.9 Å². The molecule has 100 valence electrons. The highest BCUT2D eigenvalue weighted by Crippen LogP contribution is 2.30. The molecule has 1 fully saturated rings. The maximum Gasteiger partial charge on any atom is 0.130 e. The Labute approximate surface area is 109 Å². The molecule has 0 spiro atoms. The van der Waals surface area contributed by atoms with Crippen molar-refractivity contribution in [1.29, 1.82) is 0 Å². The first-order chi connectivity index (χ1) is 8.63. The van der Waals surface area contributed by atoms with E-state index in [-0.39, 0.29) is 0 Å². The first kappa shape index (κ1) is 13.3. The smallest absolute Gasteiger partial charge is 0.130 e. The first-order valence-electron chi connectivity index (χ1n) is 6.65. The fourth-order valence-electron chi connectivity index (χ4n) is 2.83. The number of aliphatic hydroxyl groups is 1. The summed E-state index contributed by atoms with van der Waals surface area (Å²) in [5.41, 5.74) is 0.695. The van der Waals surface area contributed by atoms with Crippen molar-refractivity contribution < 1.29 is 5.11 Å². The number of hydrogen-bond acceptors (Lipinski definition) is 4. The number of rotatable bonds is 5. The van der Waals surface area contributed by atoms with E-state index in [1.54, 1.807) is 6.20 Å². The van der Waals surface area contributed by atoms with Gasteiger partial charge in [0.15, 0.2) is 0 Å². The van der Waals surface area contributed by atoms with Gasteiger partial charge in [-0.05, 0) is 26.0 Å². The molecule has 1 aromatic heterocycles. The molecule has 18 heavy (non-hydrogen) atoms. The number of pyridine rings is 1. The molecule has 1 aliphatic rings. The van der Waals surface area contributed by atoms with Crippen molar-refractivity contribution in [3.8, 4) is 0 Å². The van der Waals surface area contributed by atoms with E-state index in [1.165, 1.54) is 5.56 Å². The van der Waals surface area contributed by atoms with Crippen LogP contribution in [-0.4, -0.2) is 41.2 Å². The van der Waals surface area contributed by atoms with Crippen molar-refractivity contribution in [2.24, 2.45) is 0 Å². The molecule has 1 aromatic rings. The fourth-order valence-corrected chi connectivity index (χ4v) is 2.83. The van der Waals surface area contributed by atoms with Crippen LogP contribution in [0.5, 0.6) is 0 Å². The molecular formula is C14H23N3O. The molecule has 0 amide bonds. The lowest BCUT2D eigenvalue weighted by atomic mass is 10.0. The van der Waals surface area contributed by atoms with Gasteiger partial charge in [-0.15, -0.1) is 0 Å². The highest BCUT2D eigenvalue weighted by Gasteiger charge is 2.32. The van der Waals surface area contributed by atoms with Gasteiger partial charge in [0.1, 0.15) is 5.82 Å². The Kier molecular flexibility index (Phi) is 4.19. The van der Waals surface area contributed by atoms with Gasteiger partial charge >= 0.3 is 0 Å². The number of nitrogens with zero attached hydrogens (tertiary/aromatic N) is 2. The summed E-state index contributed by atoms with van der Waals surface area (Å²) in [6.45, 7) is 1.55. The van der Waals surface area contributed by atoms with Gasteiger partial charge in [0, 0.05) is 31.9 Å². The lowest BCUT2D eigenvalue weighted by Crippen LogP contribution is -2.38. The molecule has 2 N–H and O–H groups in total. The Bertz CT molecular complexity index is 388. The highest BCUT2D eigenvalue weighted by molar-refractivity contribution is 5.42. The summed E-state index contributed by atoms with van der Waals surface area (Å²) in [5, 5.41) is 13.5. The van der Waals surface area contributed by atoms with E-state index in [9.17, 15) is 5.11 Å².